The van der Waals surface area contributed by atoms with E-state index in [0.29, 0.717) is 16.5 Å². The molecule has 112 valence electrons. The summed E-state index contributed by atoms with van der Waals surface area (Å²) in [6, 6.07) is 8.78. The van der Waals surface area contributed by atoms with Crippen molar-refractivity contribution in [1.82, 2.24) is 5.16 Å². The van der Waals surface area contributed by atoms with Crippen LogP contribution in [0.5, 0.6) is 0 Å². The molecule has 0 saturated carbocycles. The molecular formula is C13H9N3O5S. The lowest BCUT2D eigenvalue weighted by atomic mass is 10.0. The van der Waals surface area contributed by atoms with Crippen LogP contribution in [0.1, 0.15) is 0 Å². The fourth-order valence-corrected chi connectivity index (χ4v) is 2.94. The molecule has 8 nitrogen and oxygen atoms in total. The number of nitrogens with two attached hydrogens (primary N) is 1. The summed E-state index contributed by atoms with van der Waals surface area (Å²) in [5.74, 6) is 0. The van der Waals surface area contributed by atoms with Crippen LogP contribution in [-0.4, -0.2) is 18.5 Å². The molecule has 0 aliphatic rings. The number of sulfonamides is 1. The summed E-state index contributed by atoms with van der Waals surface area (Å²) < 4.78 is 28.1. The highest BCUT2D eigenvalue weighted by Crippen LogP contribution is 2.36. The van der Waals surface area contributed by atoms with E-state index in [9.17, 15) is 18.5 Å². The number of fused-ring (bicyclic) bond motifs is 1. The Morgan fingerprint density at radius 2 is 2.00 bits per heavy atom. The van der Waals surface area contributed by atoms with Gasteiger partial charge in [0, 0.05) is 5.39 Å². The third-order valence-corrected chi connectivity index (χ3v) is 4.09. The van der Waals surface area contributed by atoms with Gasteiger partial charge < -0.3 is 4.52 Å². The second-order valence-corrected chi connectivity index (χ2v) is 6.06. The lowest BCUT2D eigenvalue weighted by Crippen LogP contribution is -2.14. The lowest BCUT2D eigenvalue weighted by molar-refractivity contribution is -0.387. The van der Waals surface area contributed by atoms with E-state index in [2.05, 4.69) is 5.16 Å². The minimum Gasteiger partial charge on any atom is -0.356 e. The van der Waals surface area contributed by atoms with Crippen molar-refractivity contribution >= 4 is 26.7 Å². The highest BCUT2D eigenvalue weighted by atomic mass is 32.2. The van der Waals surface area contributed by atoms with Gasteiger partial charge in [-0.25, -0.2) is 13.6 Å². The average molecular weight is 319 g/mol. The van der Waals surface area contributed by atoms with Crippen LogP contribution in [0.25, 0.3) is 22.1 Å². The summed E-state index contributed by atoms with van der Waals surface area (Å²) in [5.41, 5.74) is 0.585. The SMILES string of the molecule is NS(=O)(=O)c1cccc(-c2ccc3oncc3c2)c1[N+](=O)[O-]. The van der Waals surface area contributed by atoms with Crippen LogP contribution >= 0.6 is 0 Å². The highest BCUT2D eigenvalue weighted by Gasteiger charge is 2.27. The van der Waals surface area contributed by atoms with Gasteiger partial charge in [-0.1, -0.05) is 17.3 Å². The summed E-state index contributed by atoms with van der Waals surface area (Å²) in [7, 11) is -4.21. The number of hydrogen-bond acceptors (Lipinski definition) is 6. The fraction of sp³-hybridized carbons (Fsp3) is 0. The zero-order chi connectivity index (χ0) is 15.9. The Balaban J connectivity index is 2.32. The first-order chi connectivity index (χ1) is 10.4. The van der Waals surface area contributed by atoms with Crippen LogP contribution in [0.15, 0.2) is 52.0 Å². The molecule has 22 heavy (non-hydrogen) atoms. The van der Waals surface area contributed by atoms with Crippen molar-refractivity contribution in [3.05, 3.63) is 52.7 Å². The van der Waals surface area contributed by atoms with Crippen LogP contribution in [0, 0.1) is 10.1 Å². The molecule has 0 spiro atoms. The molecule has 3 aromatic rings. The Bertz CT molecular complexity index is 994. The molecule has 0 amide bonds. The topological polar surface area (TPSA) is 129 Å². The Morgan fingerprint density at radius 3 is 2.68 bits per heavy atom. The van der Waals surface area contributed by atoms with E-state index in [1.54, 1.807) is 18.2 Å². The summed E-state index contributed by atoms with van der Waals surface area (Å²) in [6.45, 7) is 0. The van der Waals surface area contributed by atoms with E-state index < -0.39 is 25.5 Å². The zero-order valence-corrected chi connectivity index (χ0v) is 11.8. The van der Waals surface area contributed by atoms with Crippen molar-refractivity contribution < 1.29 is 17.9 Å². The van der Waals surface area contributed by atoms with Gasteiger partial charge in [-0.3, -0.25) is 10.1 Å². The quantitative estimate of drug-likeness (QED) is 0.581. The van der Waals surface area contributed by atoms with E-state index in [1.807, 2.05) is 0 Å². The van der Waals surface area contributed by atoms with Gasteiger partial charge in [0.15, 0.2) is 10.5 Å². The van der Waals surface area contributed by atoms with Crippen molar-refractivity contribution in [1.29, 1.82) is 0 Å². The fourth-order valence-electron chi connectivity index (χ4n) is 2.21. The zero-order valence-electron chi connectivity index (χ0n) is 11.0. The number of nitro benzene ring substituents is 1. The molecule has 9 heteroatoms. The van der Waals surface area contributed by atoms with Gasteiger partial charge in [0.25, 0.3) is 5.69 Å². The second-order valence-electron chi connectivity index (χ2n) is 4.53. The third-order valence-electron chi connectivity index (χ3n) is 3.15. The van der Waals surface area contributed by atoms with Crippen LogP contribution in [0.3, 0.4) is 0 Å². The van der Waals surface area contributed by atoms with Crippen molar-refractivity contribution in [2.75, 3.05) is 0 Å². The summed E-state index contributed by atoms with van der Waals surface area (Å²) in [4.78, 5) is 10.0. The number of nitro groups is 1. The smallest absolute Gasteiger partial charge is 0.297 e. The molecule has 0 aliphatic heterocycles. The third kappa shape index (κ3) is 2.32. The average Bonchev–Trinajstić information content (AvgIpc) is 2.92. The number of aromatic nitrogens is 1. The number of para-hydroxylation sites is 1. The number of primary sulfonamides is 1. The molecule has 0 radical (unpaired) electrons. The van der Waals surface area contributed by atoms with Crippen molar-refractivity contribution in [3.8, 4) is 11.1 Å². The number of benzene rings is 2. The van der Waals surface area contributed by atoms with E-state index in [0.717, 1.165) is 6.07 Å². The lowest BCUT2D eigenvalue weighted by Gasteiger charge is -2.06. The van der Waals surface area contributed by atoms with Gasteiger partial charge in [0.1, 0.15) is 0 Å². The van der Waals surface area contributed by atoms with E-state index >= 15 is 0 Å². The maximum Gasteiger partial charge on any atom is 0.297 e. The second kappa shape index (κ2) is 4.90. The molecule has 2 N–H and O–H groups in total. The monoisotopic (exact) mass is 319 g/mol. The van der Waals surface area contributed by atoms with Gasteiger partial charge in [-0.2, -0.15) is 0 Å². The van der Waals surface area contributed by atoms with Gasteiger partial charge in [-0.05, 0) is 29.8 Å². The van der Waals surface area contributed by atoms with Crippen molar-refractivity contribution in [3.63, 3.8) is 0 Å². The van der Waals surface area contributed by atoms with Crippen LogP contribution < -0.4 is 5.14 Å². The molecular weight excluding hydrogens is 310 g/mol. The minimum absolute atomic E-state index is 0.152. The maximum absolute atomic E-state index is 11.6. The largest absolute Gasteiger partial charge is 0.356 e. The van der Waals surface area contributed by atoms with Gasteiger partial charge in [0.2, 0.25) is 10.0 Å². The molecule has 0 unspecified atom stereocenters. The minimum atomic E-state index is -4.21. The normalized spacial score (nSPS) is 11.7. The van der Waals surface area contributed by atoms with Crippen LogP contribution in [0.4, 0.5) is 5.69 Å². The molecule has 3 rings (SSSR count). The van der Waals surface area contributed by atoms with Crippen LogP contribution in [0.2, 0.25) is 0 Å². The van der Waals surface area contributed by atoms with Gasteiger partial charge >= 0.3 is 0 Å². The predicted octanol–water partition coefficient (Wildman–Crippen LogP) is 2.05. The number of hydrogen-bond donors (Lipinski definition) is 1. The highest BCUT2D eigenvalue weighted by molar-refractivity contribution is 7.89. The van der Waals surface area contributed by atoms with Gasteiger partial charge in [0.05, 0.1) is 16.7 Å². The van der Waals surface area contributed by atoms with Crippen molar-refractivity contribution in [2.45, 2.75) is 4.90 Å². The first kappa shape index (κ1) is 14.2. The standard InChI is InChI=1S/C13H9N3O5S/c14-22(19,20)12-3-1-2-10(13(12)16(17)18)8-4-5-11-9(6-8)7-15-21-11/h1-7H,(H2,14,19,20). The van der Waals surface area contributed by atoms with Crippen LogP contribution in [-0.2, 0) is 10.0 Å². The van der Waals surface area contributed by atoms with E-state index in [4.69, 9.17) is 9.66 Å². The molecule has 0 bridgehead atoms. The van der Waals surface area contributed by atoms with Crippen molar-refractivity contribution in [2.24, 2.45) is 5.14 Å². The molecule has 0 aliphatic carbocycles. The predicted molar refractivity (Wildman–Crippen MR) is 77.5 cm³/mol. The summed E-state index contributed by atoms with van der Waals surface area (Å²) in [5, 5.41) is 20.7. The Labute approximate surface area is 124 Å². The molecule has 0 atom stereocenters. The Kier molecular flexibility index (Phi) is 3.15. The number of rotatable bonds is 3. The number of nitrogens with zero attached hydrogens (tertiary/aromatic N) is 2. The van der Waals surface area contributed by atoms with E-state index in [1.165, 1.54) is 18.3 Å². The Hall–Kier alpha value is -2.78. The molecule has 1 heterocycles. The molecule has 0 fully saturated rings. The van der Waals surface area contributed by atoms with E-state index in [-0.39, 0.29) is 5.56 Å². The molecule has 2 aromatic carbocycles. The maximum atomic E-state index is 11.6. The summed E-state index contributed by atoms with van der Waals surface area (Å²) >= 11 is 0. The first-order valence-electron chi connectivity index (χ1n) is 6.03. The summed E-state index contributed by atoms with van der Waals surface area (Å²) in [6.07, 6.45) is 1.47. The first-order valence-corrected chi connectivity index (χ1v) is 7.57. The van der Waals surface area contributed by atoms with Gasteiger partial charge in [-0.15, -0.1) is 0 Å². The molecule has 1 aromatic heterocycles. The molecule has 0 saturated heterocycles. The Morgan fingerprint density at radius 1 is 1.23 bits per heavy atom.